The summed E-state index contributed by atoms with van der Waals surface area (Å²) in [5.74, 6) is 0.268. The molecule has 0 aliphatic heterocycles. The standard InChI is InChI=1S/C23H29NO5/c1-5-17(18-10-8-7-9-11-18)15-24-22(25)16(3)29-23(26)19-12-13-20(28-6-2)21(14-19)27-4/h7-14,16-17H,5-6,15H2,1-4H3,(H,24,25)/t16-,17-/m1/s1. The topological polar surface area (TPSA) is 73.9 Å². The van der Waals surface area contributed by atoms with Crippen LogP contribution in [0.25, 0.3) is 0 Å². The van der Waals surface area contributed by atoms with Gasteiger partial charge < -0.3 is 19.5 Å². The smallest absolute Gasteiger partial charge is 0.339 e. The van der Waals surface area contributed by atoms with Crippen molar-refractivity contribution in [2.24, 2.45) is 0 Å². The molecule has 0 heterocycles. The molecule has 0 saturated carbocycles. The summed E-state index contributed by atoms with van der Waals surface area (Å²) in [6, 6.07) is 14.8. The number of carbonyl (C=O) groups excluding carboxylic acids is 2. The maximum absolute atomic E-state index is 12.4. The largest absolute Gasteiger partial charge is 0.493 e. The molecule has 2 aromatic rings. The van der Waals surface area contributed by atoms with E-state index in [2.05, 4.69) is 12.2 Å². The van der Waals surface area contributed by atoms with Crippen molar-refractivity contribution in [2.45, 2.75) is 39.2 Å². The Morgan fingerprint density at radius 1 is 1.03 bits per heavy atom. The maximum Gasteiger partial charge on any atom is 0.339 e. The lowest BCUT2D eigenvalue weighted by atomic mass is 9.96. The van der Waals surface area contributed by atoms with Crippen molar-refractivity contribution in [3.63, 3.8) is 0 Å². The molecule has 2 rings (SSSR count). The molecule has 0 radical (unpaired) electrons. The van der Waals surface area contributed by atoms with Gasteiger partial charge in [-0.2, -0.15) is 0 Å². The molecular weight excluding hydrogens is 370 g/mol. The molecule has 0 fully saturated rings. The second-order valence-corrected chi connectivity index (χ2v) is 6.61. The van der Waals surface area contributed by atoms with Crippen LogP contribution >= 0.6 is 0 Å². The van der Waals surface area contributed by atoms with Gasteiger partial charge in [0, 0.05) is 12.5 Å². The first-order valence-electron chi connectivity index (χ1n) is 9.84. The lowest BCUT2D eigenvalue weighted by Crippen LogP contribution is -2.38. The Morgan fingerprint density at radius 2 is 1.76 bits per heavy atom. The van der Waals surface area contributed by atoms with Gasteiger partial charge in [-0.3, -0.25) is 4.79 Å². The number of rotatable bonds is 10. The third-order valence-electron chi connectivity index (χ3n) is 4.64. The molecule has 0 unspecified atom stereocenters. The lowest BCUT2D eigenvalue weighted by Gasteiger charge is -2.19. The van der Waals surface area contributed by atoms with E-state index in [4.69, 9.17) is 14.2 Å². The van der Waals surface area contributed by atoms with E-state index in [0.29, 0.717) is 30.2 Å². The first-order valence-corrected chi connectivity index (χ1v) is 9.84. The predicted octanol–water partition coefficient (Wildman–Crippen LogP) is 3.95. The maximum atomic E-state index is 12.4. The number of methoxy groups -OCH3 is 1. The normalized spacial score (nSPS) is 12.6. The lowest BCUT2D eigenvalue weighted by molar-refractivity contribution is -0.129. The van der Waals surface area contributed by atoms with E-state index in [9.17, 15) is 9.59 Å². The summed E-state index contributed by atoms with van der Waals surface area (Å²) in [6.07, 6.45) is -0.0157. The van der Waals surface area contributed by atoms with Crippen LogP contribution in [0.5, 0.6) is 11.5 Å². The average Bonchev–Trinajstić information content (AvgIpc) is 2.75. The quantitative estimate of drug-likeness (QED) is 0.613. The fraction of sp³-hybridized carbons (Fsp3) is 0.391. The van der Waals surface area contributed by atoms with Crippen LogP contribution in [-0.4, -0.2) is 38.2 Å². The summed E-state index contributed by atoms with van der Waals surface area (Å²) in [6.45, 7) is 6.47. The third-order valence-corrected chi connectivity index (χ3v) is 4.64. The number of benzene rings is 2. The Morgan fingerprint density at radius 3 is 2.38 bits per heavy atom. The van der Waals surface area contributed by atoms with Gasteiger partial charge in [-0.05, 0) is 44.0 Å². The zero-order chi connectivity index (χ0) is 21.2. The minimum Gasteiger partial charge on any atom is -0.493 e. The van der Waals surface area contributed by atoms with Gasteiger partial charge in [-0.25, -0.2) is 4.79 Å². The van der Waals surface area contributed by atoms with Gasteiger partial charge >= 0.3 is 5.97 Å². The first-order chi connectivity index (χ1) is 14.0. The second-order valence-electron chi connectivity index (χ2n) is 6.61. The zero-order valence-corrected chi connectivity index (χ0v) is 17.4. The SMILES string of the molecule is CCOc1ccc(C(=O)O[C@H](C)C(=O)NC[C@@H](CC)c2ccccc2)cc1OC. The van der Waals surface area contributed by atoms with Crippen molar-refractivity contribution in [3.8, 4) is 11.5 Å². The summed E-state index contributed by atoms with van der Waals surface area (Å²) in [7, 11) is 1.50. The highest BCUT2D eigenvalue weighted by atomic mass is 16.5. The first kappa shape index (κ1) is 22.3. The molecule has 0 bridgehead atoms. The molecule has 6 nitrogen and oxygen atoms in total. The molecule has 2 aromatic carbocycles. The highest BCUT2D eigenvalue weighted by Crippen LogP contribution is 2.28. The van der Waals surface area contributed by atoms with Crippen molar-refractivity contribution in [2.75, 3.05) is 20.3 Å². The number of ether oxygens (including phenoxy) is 3. The van der Waals surface area contributed by atoms with Gasteiger partial charge in [0.1, 0.15) is 0 Å². The minimum absolute atomic E-state index is 0.207. The molecule has 0 spiro atoms. The number of amides is 1. The summed E-state index contributed by atoms with van der Waals surface area (Å²) in [5, 5.41) is 2.88. The molecule has 0 aliphatic rings. The van der Waals surface area contributed by atoms with Gasteiger partial charge in [0.25, 0.3) is 5.91 Å². The molecule has 156 valence electrons. The van der Waals surface area contributed by atoms with Crippen molar-refractivity contribution in [1.29, 1.82) is 0 Å². The molecule has 0 aliphatic carbocycles. The van der Waals surface area contributed by atoms with Crippen molar-refractivity contribution in [3.05, 3.63) is 59.7 Å². The van der Waals surface area contributed by atoms with Crippen LogP contribution in [0.2, 0.25) is 0 Å². The molecule has 1 N–H and O–H groups in total. The predicted molar refractivity (Wildman–Crippen MR) is 112 cm³/mol. The van der Waals surface area contributed by atoms with E-state index in [-0.39, 0.29) is 11.8 Å². The Labute approximate surface area is 172 Å². The van der Waals surface area contributed by atoms with Crippen LogP contribution in [-0.2, 0) is 9.53 Å². The van der Waals surface area contributed by atoms with Crippen molar-refractivity contribution < 1.29 is 23.8 Å². The number of hydrogen-bond donors (Lipinski definition) is 1. The van der Waals surface area contributed by atoms with Gasteiger partial charge in [-0.15, -0.1) is 0 Å². The fourth-order valence-electron chi connectivity index (χ4n) is 2.94. The second kappa shape index (κ2) is 11.1. The molecule has 29 heavy (non-hydrogen) atoms. The van der Waals surface area contributed by atoms with Gasteiger partial charge in [0.05, 0.1) is 19.3 Å². The molecule has 0 aromatic heterocycles. The Kier molecular flexibility index (Phi) is 8.52. The van der Waals surface area contributed by atoms with E-state index < -0.39 is 12.1 Å². The Hall–Kier alpha value is -3.02. The van der Waals surface area contributed by atoms with Gasteiger partial charge in [-0.1, -0.05) is 37.3 Å². The Bertz CT molecular complexity index is 806. The highest BCUT2D eigenvalue weighted by Gasteiger charge is 2.21. The number of nitrogens with one attached hydrogen (secondary N) is 1. The van der Waals surface area contributed by atoms with Crippen LogP contribution in [0.1, 0.15) is 49.0 Å². The van der Waals surface area contributed by atoms with E-state index in [0.717, 1.165) is 6.42 Å². The molecule has 1 amide bonds. The molecule has 2 atom stereocenters. The summed E-state index contributed by atoms with van der Waals surface area (Å²) >= 11 is 0. The van der Waals surface area contributed by atoms with E-state index in [1.54, 1.807) is 25.1 Å². The van der Waals surface area contributed by atoms with Crippen molar-refractivity contribution in [1.82, 2.24) is 5.32 Å². The summed E-state index contributed by atoms with van der Waals surface area (Å²) < 4.78 is 16.0. The summed E-state index contributed by atoms with van der Waals surface area (Å²) in [5.41, 5.74) is 1.46. The number of hydrogen-bond acceptors (Lipinski definition) is 5. The van der Waals surface area contributed by atoms with Crippen LogP contribution in [0.4, 0.5) is 0 Å². The third kappa shape index (κ3) is 6.24. The van der Waals surface area contributed by atoms with Crippen molar-refractivity contribution >= 4 is 11.9 Å². The number of esters is 1. The van der Waals surface area contributed by atoms with Crippen LogP contribution in [0, 0.1) is 0 Å². The van der Waals surface area contributed by atoms with E-state index >= 15 is 0 Å². The Balaban J connectivity index is 1.94. The van der Waals surface area contributed by atoms with Crippen LogP contribution in [0.15, 0.2) is 48.5 Å². The number of carbonyl (C=O) groups is 2. The van der Waals surface area contributed by atoms with E-state index in [1.807, 2.05) is 37.3 Å². The molecular formula is C23H29NO5. The monoisotopic (exact) mass is 399 g/mol. The average molecular weight is 399 g/mol. The zero-order valence-electron chi connectivity index (χ0n) is 17.4. The van der Waals surface area contributed by atoms with Gasteiger partial charge in [0.15, 0.2) is 17.6 Å². The van der Waals surface area contributed by atoms with Crippen LogP contribution < -0.4 is 14.8 Å². The van der Waals surface area contributed by atoms with Crippen LogP contribution in [0.3, 0.4) is 0 Å². The molecule has 6 heteroatoms. The fourth-order valence-corrected chi connectivity index (χ4v) is 2.94. The van der Waals surface area contributed by atoms with Gasteiger partial charge in [0.2, 0.25) is 0 Å². The summed E-state index contributed by atoms with van der Waals surface area (Å²) in [4.78, 5) is 24.8. The molecule has 0 saturated heterocycles. The van der Waals surface area contributed by atoms with E-state index in [1.165, 1.54) is 12.7 Å². The highest BCUT2D eigenvalue weighted by molar-refractivity contribution is 5.92. The minimum atomic E-state index is -0.909.